The normalized spacial score (nSPS) is 9.60. The molecule has 1 aromatic rings. The van der Waals surface area contributed by atoms with E-state index in [0.29, 0.717) is 12.0 Å². The second-order valence-corrected chi connectivity index (χ2v) is 3.24. The maximum Gasteiger partial charge on any atom is 0.141 e. The zero-order valence-electron chi connectivity index (χ0n) is 8.82. The lowest BCUT2D eigenvalue weighted by Crippen LogP contribution is -2.05. The molecule has 0 atom stereocenters. The Morgan fingerprint density at radius 1 is 1.27 bits per heavy atom. The summed E-state index contributed by atoms with van der Waals surface area (Å²) in [6.07, 6.45) is 0.645. The van der Waals surface area contributed by atoms with E-state index in [1.807, 2.05) is 7.05 Å². The molecule has 0 spiro atoms. The molecule has 3 heteroatoms. The lowest BCUT2D eigenvalue weighted by Gasteiger charge is -1.98. The van der Waals surface area contributed by atoms with E-state index in [-0.39, 0.29) is 5.56 Å². The molecular formula is C12H13F2N. The minimum Gasteiger partial charge on any atom is -0.319 e. The van der Waals surface area contributed by atoms with Crippen molar-refractivity contribution >= 4 is 0 Å². The Morgan fingerprint density at radius 2 is 2.00 bits per heavy atom. The van der Waals surface area contributed by atoms with Gasteiger partial charge in [0.25, 0.3) is 0 Å². The lowest BCUT2D eigenvalue weighted by atomic mass is 10.1. The molecule has 0 unspecified atom stereocenters. The first-order valence-corrected chi connectivity index (χ1v) is 4.74. The van der Waals surface area contributed by atoms with Crippen molar-refractivity contribution in [3.63, 3.8) is 0 Å². The minimum atomic E-state index is -0.602. The summed E-state index contributed by atoms with van der Waals surface area (Å²) >= 11 is 0. The number of hydrogen-bond donors (Lipinski definition) is 1. The standard InChI is InChI=1S/C12H13F2N/c1-9-7-10(5-3-4-6-15-2)12(14)8-11(9)13/h7-8,15H,4,6H2,1-2H3. The van der Waals surface area contributed by atoms with Gasteiger partial charge in [0.1, 0.15) is 11.6 Å². The van der Waals surface area contributed by atoms with Crippen LogP contribution in [0.4, 0.5) is 8.78 Å². The monoisotopic (exact) mass is 209 g/mol. The molecule has 1 nitrogen and oxygen atoms in total. The van der Waals surface area contributed by atoms with Gasteiger partial charge < -0.3 is 5.32 Å². The van der Waals surface area contributed by atoms with Crippen LogP contribution in [0.5, 0.6) is 0 Å². The molecule has 1 aromatic carbocycles. The highest BCUT2D eigenvalue weighted by atomic mass is 19.1. The quantitative estimate of drug-likeness (QED) is 0.582. The zero-order chi connectivity index (χ0) is 11.3. The van der Waals surface area contributed by atoms with Gasteiger partial charge in [-0.2, -0.15) is 0 Å². The molecule has 0 saturated heterocycles. The third-order valence-electron chi connectivity index (χ3n) is 1.97. The molecule has 1 rings (SSSR count). The summed E-state index contributed by atoms with van der Waals surface area (Å²) in [7, 11) is 1.82. The summed E-state index contributed by atoms with van der Waals surface area (Å²) in [6, 6.07) is 2.30. The Balaban J connectivity index is 2.84. The molecule has 0 aliphatic heterocycles. The van der Waals surface area contributed by atoms with Crippen molar-refractivity contribution in [3.8, 4) is 11.8 Å². The van der Waals surface area contributed by atoms with Crippen LogP contribution in [0.2, 0.25) is 0 Å². The molecule has 0 aliphatic carbocycles. The topological polar surface area (TPSA) is 12.0 Å². The summed E-state index contributed by atoms with van der Waals surface area (Å²) in [5.74, 6) is 4.36. The SMILES string of the molecule is CNCCC#Cc1cc(C)c(F)cc1F. The smallest absolute Gasteiger partial charge is 0.141 e. The van der Waals surface area contributed by atoms with E-state index < -0.39 is 11.6 Å². The van der Waals surface area contributed by atoms with Gasteiger partial charge >= 0.3 is 0 Å². The number of hydrogen-bond acceptors (Lipinski definition) is 1. The second kappa shape index (κ2) is 5.47. The molecule has 0 aromatic heterocycles. The van der Waals surface area contributed by atoms with E-state index >= 15 is 0 Å². The molecule has 0 saturated carbocycles. The van der Waals surface area contributed by atoms with Crippen LogP contribution in [0, 0.1) is 30.4 Å². The highest BCUT2D eigenvalue weighted by molar-refractivity contribution is 5.38. The summed E-state index contributed by atoms with van der Waals surface area (Å²) in [4.78, 5) is 0. The molecule has 0 bridgehead atoms. The lowest BCUT2D eigenvalue weighted by molar-refractivity contribution is 0.575. The fourth-order valence-electron chi connectivity index (χ4n) is 1.10. The summed E-state index contributed by atoms with van der Waals surface area (Å²) < 4.78 is 26.1. The van der Waals surface area contributed by atoms with Gasteiger partial charge in [-0.05, 0) is 25.6 Å². The Labute approximate surface area is 88.5 Å². The molecular weight excluding hydrogens is 196 g/mol. The van der Waals surface area contributed by atoms with Gasteiger partial charge in [0.15, 0.2) is 0 Å². The van der Waals surface area contributed by atoms with E-state index in [4.69, 9.17) is 0 Å². The van der Waals surface area contributed by atoms with Crippen LogP contribution in [-0.4, -0.2) is 13.6 Å². The van der Waals surface area contributed by atoms with Gasteiger partial charge in [-0.1, -0.05) is 11.8 Å². The highest BCUT2D eigenvalue weighted by Crippen LogP contribution is 2.12. The van der Waals surface area contributed by atoms with Crippen LogP contribution in [0.15, 0.2) is 12.1 Å². The van der Waals surface area contributed by atoms with E-state index in [1.165, 1.54) is 6.07 Å². The van der Waals surface area contributed by atoms with Crippen LogP contribution in [0.1, 0.15) is 17.5 Å². The predicted molar refractivity (Wildman–Crippen MR) is 56.5 cm³/mol. The fraction of sp³-hybridized carbons (Fsp3) is 0.333. The van der Waals surface area contributed by atoms with Gasteiger partial charge in [0.05, 0.1) is 5.56 Å². The summed E-state index contributed by atoms with van der Waals surface area (Å²) in [6.45, 7) is 2.35. The van der Waals surface area contributed by atoms with Crippen molar-refractivity contribution in [2.45, 2.75) is 13.3 Å². The molecule has 80 valence electrons. The van der Waals surface area contributed by atoms with Gasteiger partial charge in [-0.15, -0.1) is 0 Å². The Morgan fingerprint density at radius 3 is 2.67 bits per heavy atom. The molecule has 0 aliphatic rings. The first-order valence-electron chi connectivity index (χ1n) is 4.74. The van der Waals surface area contributed by atoms with Crippen LogP contribution in [-0.2, 0) is 0 Å². The molecule has 0 amide bonds. The number of halogens is 2. The highest BCUT2D eigenvalue weighted by Gasteiger charge is 2.04. The molecule has 15 heavy (non-hydrogen) atoms. The Bertz CT molecular complexity index is 402. The van der Waals surface area contributed by atoms with Crippen molar-refractivity contribution in [2.24, 2.45) is 0 Å². The third-order valence-corrected chi connectivity index (χ3v) is 1.97. The van der Waals surface area contributed by atoms with E-state index in [9.17, 15) is 8.78 Å². The third kappa shape index (κ3) is 3.34. The van der Waals surface area contributed by atoms with Crippen LogP contribution in [0.25, 0.3) is 0 Å². The van der Waals surface area contributed by atoms with Crippen molar-refractivity contribution < 1.29 is 8.78 Å². The first-order chi connectivity index (χ1) is 7.15. The van der Waals surface area contributed by atoms with Crippen LogP contribution in [0.3, 0.4) is 0 Å². The van der Waals surface area contributed by atoms with Crippen LogP contribution < -0.4 is 5.32 Å². The van der Waals surface area contributed by atoms with Crippen molar-refractivity contribution in [3.05, 3.63) is 34.9 Å². The molecule has 0 heterocycles. The van der Waals surface area contributed by atoms with E-state index in [2.05, 4.69) is 17.2 Å². The summed E-state index contributed by atoms with van der Waals surface area (Å²) in [5.41, 5.74) is 0.666. The van der Waals surface area contributed by atoms with Gasteiger partial charge in [0.2, 0.25) is 0 Å². The van der Waals surface area contributed by atoms with Crippen molar-refractivity contribution in [2.75, 3.05) is 13.6 Å². The largest absolute Gasteiger partial charge is 0.319 e. The van der Waals surface area contributed by atoms with Crippen LogP contribution >= 0.6 is 0 Å². The van der Waals surface area contributed by atoms with Crippen molar-refractivity contribution in [1.82, 2.24) is 5.32 Å². The van der Waals surface area contributed by atoms with Gasteiger partial charge in [-0.3, -0.25) is 0 Å². The number of nitrogens with one attached hydrogen (secondary N) is 1. The molecule has 1 N–H and O–H groups in total. The molecule has 0 radical (unpaired) electrons. The minimum absolute atomic E-state index is 0.255. The average molecular weight is 209 g/mol. The average Bonchev–Trinajstić information content (AvgIpc) is 2.20. The predicted octanol–water partition coefficient (Wildman–Crippen LogP) is 2.23. The van der Waals surface area contributed by atoms with Gasteiger partial charge in [-0.25, -0.2) is 8.78 Å². The Kier molecular flexibility index (Phi) is 4.26. The zero-order valence-corrected chi connectivity index (χ0v) is 8.82. The van der Waals surface area contributed by atoms with E-state index in [1.54, 1.807) is 6.92 Å². The Hall–Kier alpha value is -1.40. The summed E-state index contributed by atoms with van der Waals surface area (Å²) in [5, 5.41) is 2.93. The first kappa shape index (κ1) is 11.7. The molecule has 0 fully saturated rings. The number of rotatable bonds is 2. The maximum atomic E-state index is 13.2. The van der Waals surface area contributed by atoms with Crippen molar-refractivity contribution in [1.29, 1.82) is 0 Å². The second-order valence-electron chi connectivity index (χ2n) is 3.24. The van der Waals surface area contributed by atoms with E-state index in [0.717, 1.165) is 12.6 Å². The fourth-order valence-corrected chi connectivity index (χ4v) is 1.10. The number of aryl methyl sites for hydroxylation is 1. The number of benzene rings is 1. The van der Waals surface area contributed by atoms with Gasteiger partial charge in [0, 0.05) is 19.0 Å². The maximum absolute atomic E-state index is 13.2.